The normalized spacial score (nSPS) is 12.8. The Morgan fingerprint density at radius 1 is 1.03 bits per heavy atom. The number of ether oxygens (including phenoxy) is 1. The number of amides is 2. The highest BCUT2D eigenvalue weighted by Crippen LogP contribution is 2.25. The Labute approximate surface area is 171 Å². The molecule has 1 aliphatic rings. The summed E-state index contributed by atoms with van der Waals surface area (Å²) in [6, 6.07) is 9.33. The van der Waals surface area contributed by atoms with Crippen LogP contribution in [0.15, 0.2) is 42.5 Å². The molecular formula is C21H18N2O7. The van der Waals surface area contributed by atoms with Gasteiger partial charge in [0.2, 0.25) is 0 Å². The molecule has 2 aromatic rings. The lowest BCUT2D eigenvalue weighted by molar-refractivity contribution is -0.384. The van der Waals surface area contributed by atoms with Gasteiger partial charge < -0.3 is 4.74 Å². The molecule has 0 saturated carbocycles. The van der Waals surface area contributed by atoms with Crippen molar-refractivity contribution in [1.29, 1.82) is 0 Å². The van der Waals surface area contributed by atoms with Crippen molar-refractivity contribution in [3.05, 3.63) is 74.8 Å². The number of nitro benzene ring substituents is 1. The second-order valence-corrected chi connectivity index (χ2v) is 6.98. The van der Waals surface area contributed by atoms with Crippen molar-refractivity contribution in [1.82, 2.24) is 4.90 Å². The zero-order valence-electron chi connectivity index (χ0n) is 16.3. The molecule has 9 heteroatoms. The van der Waals surface area contributed by atoms with E-state index in [1.54, 1.807) is 13.8 Å². The predicted molar refractivity (Wildman–Crippen MR) is 104 cm³/mol. The Hall–Kier alpha value is -3.88. The third-order valence-corrected chi connectivity index (χ3v) is 4.58. The van der Waals surface area contributed by atoms with Gasteiger partial charge in [0.25, 0.3) is 17.5 Å². The Kier molecular flexibility index (Phi) is 5.72. The number of carbonyl (C=O) groups excluding carboxylic acids is 4. The number of hydrogen-bond acceptors (Lipinski definition) is 7. The van der Waals surface area contributed by atoms with Gasteiger partial charge in [-0.05, 0) is 12.1 Å². The van der Waals surface area contributed by atoms with Gasteiger partial charge in [0, 0.05) is 23.3 Å². The van der Waals surface area contributed by atoms with E-state index in [0.29, 0.717) is 0 Å². The van der Waals surface area contributed by atoms with E-state index >= 15 is 0 Å². The van der Waals surface area contributed by atoms with E-state index in [2.05, 4.69) is 0 Å². The second kappa shape index (κ2) is 8.24. The van der Waals surface area contributed by atoms with Crippen molar-refractivity contribution in [2.45, 2.75) is 13.8 Å². The maximum Gasteiger partial charge on any atom is 0.308 e. The topological polar surface area (TPSA) is 124 Å². The van der Waals surface area contributed by atoms with Crippen LogP contribution in [0.3, 0.4) is 0 Å². The van der Waals surface area contributed by atoms with Gasteiger partial charge in [0.1, 0.15) is 6.61 Å². The third-order valence-electron chi connectivity index (χ3n) is 4.58. The lowest BCUT2D eigenvalue weighted by atomic mass is 9.99. The lowest BCUT2D eigenvalue weighted by Gasteiger charge is -2.14. The highest BCUT2D eigenvalue weighted by atomic mass is 16.6. The SMILES string of the molecule is CC(C)C(=O)OCCN1C(=O)c2ccc(C(=O)c3cccc([N+](=O)[O-])c3)cc2C1=O. The third kappa shape index (κ3) is 3.95. The maximum atomic E-state index is 12.7. The minimum absolute atomic E-state index is 0.0615. The number of carbonyl (C=O) groups is 4. The summed E-state index contributed by atoms with van der Waals surface area (Å²) in [6.07, 6.45) is 0. The van der Waals surface area contributed by atoms with E-state index in [1.165, 1.54) is 36.4 Å². The number of fused-ring (bicyclic) bond motifs is 1. The van der Waals surface area contributed by atoms with Gasteiger partial charge in [-0.25, -0.2) is 0 Å². The van der Waals surface area contributed by atoms with Crippen LogP contribution in [0.25, 0.3) is 0 Å². The fourth-order valence-corrected chi connectivity index (χ4v) is 2.97. The number of imide groups is 1. The number of hydrogen-bond donors (Lipinski definition) is 0. The van der Waals surface area contributed by atoms with E-state index in [4.69, 9.17) is 4.74 Å². The molecule has 2 amide bonds. The standard InChI is InChI=1S/C21H18N2O7/c1-12(2)21(27)30-9-8-22-19(25)16-7-6-14(11-17(16)20(22)26)18(24)13-4-3-5-15(10-13)23(28)29/h3-7,10-12H,8-9H2,1-2H3. The minimum atomic E-state index is -0.606. The quantitative estimate of drug-likeness (QED) is 0.226. The number of benzene rings is 2. The van der Waals surface area contributed by atoms with Crippen molar-refractivity contribution in [2.24, 2.45) is 5.92 Å². The van der Waals surface area contributed by atoms with Crippen molar-refractivity contribution < 1.29 is 28.8 Å². The monoisotopic (exact) mass is 410 g/mol. The first-order valence-electron chi connectivity index (χ1n) is 9.16. The molecule has 1 aliphatic heterocycles. The van der Waals surface area contributed by atoms with Crippen LogP contribution in [0.5, 0.6) is 0 Å². The number of ketones is 1. The number of non-ortho nitro benzene ring substituents is 1. The summed E-state index contributed by atoms with van der Waals surface area (Å²) in [5.74, 6) is -2.40. The highest BCUT2D eigenvalue weighted by molar-refractivity contribution is 6.22. The average Bonchev–Trinajstić information content (AvgIpc) is 2.97. The van der Waals surface area contributed by atoms with Crippen LogP contribution in [0.2, 0.25) is 0 Å². The number of nitrogens with zero attached hydrogens (tertiary/aromatic N) is 2. The molecule has 2 aromatic carbocycles. The lowest BCUT2D eigenvalue weighted by Crippen LogP contribution is -2.33. The largest absolute Gasteiger partial charge is 0.464 e. The molecule has 30 heavy (non-hydrogen) atoms. The Morgan fingerprint density at radius 2 is 1.70 bits per heavy atom. The van der Waals surface area contributed by atoms with Gasteiger partial charge in [-0.1, -0.05) is 32.0 Å². The van der Waals surface area contributed by atoms with E-state index in [-0.39, 0.29) is 47.0 Å². The fraction of sp³-hybridized carbons (Fsp3) is 0.238. The van der Waals surface area contributed by atoms with E-state index in [9.17, 15) is 29.3 Å². The zero-order valence-corrected chi connectivity index (χ0v) is 16.3. The molecule has 1 heterocycles. The van der Waals surface area contributed by atoms with Crippen molar-refractivity contribution in [3.63, 3.8) is 0 Å². The van der Waals surface area contributed by atoms with Crippen molar-refractivity contribution in [2.75, 3.05) is 13.2 Å². The van der Waals surface area contributed by atoms with Crippen molar-refractivity contribution >= 4 is 29.3 Å². The first-order chi connectivity index (χ1) is 14.2. The number of nitro groups is 1. The molecule has 154 valence electrons. The molecule has 3 rings (SSSR count). The highest BCUT2D eigenvalue weighted by Gasteiger charge is 2.36. The summed E-state index contributed by atoms with van der Waals surface area (Å²) in [7, 11) is 0. The average molecular weight is 410 g/mol. The van der Waals surface area contributed by atoms with Gasteiger partial charge in [0.15, 0.2) is 5.78 Å². The van der Waals surface area contributed by atoms with Gasteiger partial charge in [-0.15, -0.1) is 0 Å². The molecular weight excluding hydrogens is 392 g/mol. The fourth-order valence-electron chi connectivity index (χ4n) is 2.97. The Bertz CT molecular complexity index is 1070. The van der Waals surface area contributed by atoms with Gasteiger partial charge in [-0.3, -0.25) is 34.2 Å². The molecule has 0 N–H and O–H groups in total. The first kappa shape index (κ1) is 20.8. The van der Waals surface area contributed by atoms with Crippen molar-refractivity contribution in [3.8, 4) is 0 Å². The van der Waals surface area contributed by atoms with Gasteiger partial charge in [-0.2, -0.15) is 0 Å². The van der Waals surface area contributed by atoms with E-state index in [1.807, 2.05) is 0 Å². The maximum absolute atomic E-state index is 12.7. The van der Waals surface area contributed by atoms with Crippen LogP contribution in [-0.2, 0) is 9.53 Å². The molecule has 0 unspecified atom stereocenters. The second-order valence-electron chi connectivity index (χ2n) is 6.98. The molecule has 9 nitrogen and oxygen atoms in total. The van der Waals surface area contributed by atoms with Gasteiger partial charge >= 0.3 is 5.97 Å². The molecule has 0 bridgehead atoms. The Morgan fingerprint density at radius 3 is 2.37 bits per heavy atom. The smallest absolute Gasteiger partial charge is 0.308 e. The summed E-state index contributed by atoms with van der Waals surface area (Å²) < 4.78 is 5.02. The molecule has 0 fully saturated rings. The summed E-state index contributed by atoms with van der Waals surface area (Å²) in [4.78, 5) is 60.6. The number of esters is 1. The molecule has 0 radical (unpaired) electrons. The minimum Gasteiger partial charge on any atom is -0.464 e. The summed E-state index contributed by atoms with van der Waals surface area (Å²) in [5.41, 5.74) is 0.203. The van der Waals surface area contributed by atoms with Crippen LogP contribution in [-0.4, -0.2) is 46.5 Å². The Balaban J connectivity index is 1.80. The molecule has 0 aromatic heterocycles. The van der Waals surface area contributed by atoms with Crippen LogP contribution in [0.4, 0.5) is 5.69 Å². The molecule has 0 spiro atoms. The van der Waals surface area contributed by atoms with E-state index < -0.39 is 28.5 Å². The summed E-state index contributed by atoms with van der Waals surface area (Å²) in [6.45, 7) is 3.12. The zero-order chi connectivity index (χ0) is 22.0. The summed E-state index contributed by atoms with van der Waals surface area (Å²) in [5, 5.41) is 10.9. The van der Waals surface area contributed by atoms with Crippen LogP contribution >= 0.6 is 0 Å². The first-order valence-corrected chi connectivity index (χ1v) is 9.16. The molecule has 0 atom stereocenters. The number of rotatable bonds is 7. The molecule has 0 aliphatic carbocycles. The summed E-state index contributed by atoms with van der Waals surface area (Å²) >= 11 is 0. The van der Waals surface area contributed by atoms with Gasteiger partial charge in [0.05, 0.1) is 28.5 Å². The van der Waals surface area contributed by atoms with Crippen LogP contribution in [0, 0.1) is 16.0 Å². The van der Waals surface area contributed by atoms with Crippen LogP contribution < -0.4 is 0 Å². The van der Waals surface area contributed by atoms with Crippen LogP contribution in [0.1, 0.15) is 50.5 Å². The molecule has 0 saturated heterocycles. The predicted octanol–water partition coefficient (Wildman–Crippen LogP) is 2.62. The van der Waals surface area contributed by atoms with E-state index in [0.717, 1.165) is 11.0 Å².